The molecule has 0 N–H and O–H groups in total. The van der Waals surface area contributed by atoms with Crippen molar-refractivity contribution < 1.29 is 33.2 Å². The zero-order valence-electron chi connectivity index (χ0n) is 19.0. The maximum absolute atomic E-state index is 6.31. The highest BCUT2D eigenvalue weighted by Gasteiger charge is 2.33. The van der Waals surface area contributed by atoms with Gasteiger partial charge in [0, 0.05) is 7.11 Å². The molecule has 0 saturated heterocycles. The Morgan fingerprint density at radius 2 is 1.22 bits per heavy atom. The van der Waals surface area contributed by atoms with Crippen molar-refractivity contribution in [1.82, 2.24) is 0 Å². The molecule has 32 heavy (non-hydrogen) atoms. The van der Waals surface area contributed by atoms with Crippen molar-refractivity contribution in [3.05, 3.63) is 48.5 Å². The smallest absolute Gasteiger partial charge is 0.161 e. The molecule has 0 fully saturated rings. The van der Waals surface area contributed by atoms with Crippen LogP contribution in [0.4, 0.5) is 0 Å². The van der Waals surface area contributed by atoms with E-state index in [-0.39, 0.29) is 0 Å². The first-order chi connectivity index (χ1) is 15.8. The zero-order chi connectivity index (χ0) is 22.5. The van der Waals surface area contributed by atoms with Gasteiger partial charge in [-0.05, 0) is 30.7 Å². The van der Waals surface area contributed by atoms with Gasteiger partial charge in [0.25, 0.3) is 0 Å². The van der Waals surface area contributed by atoms with E-state index >= 15 is 0 Å². The SMILES string of the molecule is CCCC1(OCCOC)COc2ccccc2OCCOCCOc2ccccc2OC1. The van der Waals surface area contributed by atoms with E-state index in [1.165, 1.54) is 0 Å². The minimum absolute atomic E-state index is 0.310. The molecular formula is C25H34O7. The lowest BCUT2D eigenvalue weighted by Gasteiger charge is -2.34. The van der Waals surface area contributed by atoms with E-state index in [2.05, 4.69) is 6.92 Å². The van der Waals surface area contributed by atoms with Gasteiger partial charge in [0.15, 0.2) is 23.0 Å². The molecule has 0 bridgehead atoms. The van der Waals surface area contributed by atoms with Gasteiger partial charge in [-0.15, -0.1) is 0 Å². The number of ether oxygens (including phenoxy) is 7. The van der Waals surface area contributed by atoms with E-state index in [1.54, 1.807) is 7.11 Å². The third kappa shape index (κ3) is 7.29. The topological polar surface area (TPSA) is 64.6 Å². The van der Waals surface area contributed by atoms with Crippen molar-refractivity contribution in [3.8, 4) is 23.0 Å². The van der Waals surface area contributed by atoms with Crippen LogP contribution in [-0.4, -0.2) is 65.6 Å². The van der Waals surface area contributed by atoms with Gasteiger partial charge in [-0.2, -0.15) is 0 Å². The standard InChI is InChI=1S/C25H34O7/c1-3-12-25(32-18-13-26-2)19-30-23-10-6-4-8-21(23)28-16-14-27-15-17-29-22-9-5-7-11-24(22)31-20-25/h4-11H,3,12-20H2,1-2H3. The fraction of sp³-hybridized carbons (Fsp3) is 0.520. The fourth-order valence-corrected chi connectivity index (χ4v) is 3.46. The van der Waals surface area contributed by atoms with Crippen molar-refractivity contribution in [2.45, 2.75) is 25.4 Å². The molecule has 1 aliphatic heterocycles. The van der Waals surface area contributed by atoms with Crippen LogP contribution in [0.2, 0.25) is 0 Å². The third-order valence-corrected chi connectivity index (χ3v) is 5.05. The Balaban J connectivity index is 1.85. The van der Waals surface area contributed by atoms with Crippen molar-refractivity contribution in [3.63, 3.8) is 0 Å². The first kappa shape index (κ1) is 24.2. The van der Waals surface area contributed by atoms with Crippen LogP contribution in [0.25, 0.3) is 0 Å². The highest BCUT2D eigenvalue weighted by Crippen LogP contribution is 2.31. The summed E-state index contributed by atoms with van der Waals surface area (Å²) in [6.07, 6.45) is 1.67. The molecule has 2 aromatic carbocycles. The highest BCUT2D eigenvalue weighted by atomic mass is 16.6. The molecule has 7 nitrogen and oxygen atoms in total. The van der Waals surface area contributed by atoms with E-state index in [0.717, 1.165) is 12.8 Å². The highest BCUT2D eigenvalue weighted by molar-refractivity contribution is 5.40. The summed E-state index contributed by atoms with van der Waals surface area (Å²) in [5.41, 5.74) is -0.659. The molecule has 1 aliphatic rings. The molecule has 0 aromatic heterocycles. The summed E-state index contributed by atoms with van der Waals surface area (Å²) >= 11 is 0. The minimum atomic E-state index is -0.659. The van der Waals surface area contributed by atoms with Gasteiger partial charge in [0.1, 0.15) is 32.0 Å². The van der Waals surface area contributed by atoms with E-state index in [4.69, 9.17) is 33.2 Å². The van der Waals surface area contributed by atoms with Gasteiger partial charge in [-0.1, -0.05) is 37.6 Å². The van der Waals surface area contributed by atoms with Crippen LogP contribution in [0.1, 0.15) is 19.8 Å². The molecule has 0 aliphatic carbocycles. The van der Waals surface area contributed by atoms with Gasteiger partial charge in [-0.25, -0.2) is 0 Å². The Hall–Kier alpha value is -2.48. The second-order valence-corrected chi connectivity index (χ2v) is 7.55. The summed E-state index contributed by atoms with van der Waals surface area (Å²) < 4.78 is 41.4. The Morgan fingerprint density at radius 3 is 1.69 bits per heavy atom. The molecule has 1 heterocycles. The molecular weight excluding hydrogens is 412 g/mol. The lowest BCUT2D eigenvalue weighted by molar-refractivity contribution is -0.113. The second-order valence-electron chi connectivity index (χ2n) is 7.55. The van der Waals surface area contributed by atoms with Gasteiger partial charge in [0.2, 0.25) is 0 Å². The molecule has 0 spiro atoms. The summed E-state index contributed by atoms with van der Waals surface area (Å²) in [4.78, 5) is 0. The number of methoxy groups -OCH3 is 1. The van der Waals surface area contributed by atoms with Crippen molar-refractivity contribution >= 4 is 0 Å². The maximum atomic E-state index is 6.31. The van der Waals surface area contributed by atoms with Crippen LogP contribution in [0.15, 0.2) is 48.5 Å². The van der Waals surface area contributed by atoms with Gasteiger partial charge < -0.3 is 33.2 Å². The average molecular weight is 447 g/mol. The van der Waals surface area contributed by atoms with Crippen LogP contribution in [-0.2, 0) is 14.2 Å². The fourth-order valence-electron chi connectivity index (χ4n) is 3.46. The van der Waals surface area contributed by atoms with E-state index in [9.17, 15) is 0 Å². The Kier molecular flexibility index (Phi) is 9.94. The summed E-state index contributed by atoms with van der Waals surface area (Å²) in [5, 5.41) is 0. The average Bonchev–Trinajstić information content (AvgIpc) is 2.82. The molecule has 7 heteroatoms. The maximum Gasteiger partial charge on any atom is 0.161 e. The molecule has 0 unspecified atom stereocenters. The van der Waals surface area contributed by atoms with E-state index < -0.39 is 5.60 Å². The summed E-state index contributed by atoms with van der Waals surface area (Å²) in [7, 11) is 1.66. The molecule has 0 atom stereocenters. The number of rotatable bonds is 6. The number of hydrogen-bond acceptors (Lipinski definition) is 7. The lowest BCUT2D eigenvalue weighted by atomic mass is 9.99. The first-order valence-electron chi connectivity index (χ1n) is 11.2. The number of para-hydroxylation sites is 4. The number of benzene rings is 2. The Bertz CT molecular complexity index is 740. The zero-order valence-corrected chi connectivity index (χ0v) is 19.0. The predicted molar refractivity (Wildman–Crippen MR) is 121 cm³/mol. The summed E-state index contributed by atoms with van der Waals surface area (Å²) in [6.45, 7) is 5.42. The second kappa shape index (κ2) is 13.2. The summed E-state index contributed by atoms with van der Waals surface area (Å²) in [5.74, 6) is 2.68. The molecule has 0 amide bonds. The Morgan fingerprint density at radius 1 is 0.719 bits per heavy atom. The normalized spacial score (nSPS) is 16.9. The lowest BCUT2D eigenvalue weighted by Crippen LogP contribution is -2.45. The van der Waals surface area contributed by atoms with Crippen LogP contribution < -0.4 is 18.9 Å². The Labute approximate surface area is 190 Å². The largest absolute Gasteiger partial charge is 0.487 e. The third-order valence-electron chi connectivity index (χ3n) is 5.05. The van der Waals surface area contributed by atoms with Crippen LogP contribution in [0.3, 0.4) is 0 Å². The quantitative estimate of drug-likeness (QED) is 0.618. The monoisotopic (exact) mass is 446 g/mol. The van der Waals surface area contributed by atoms with Crippen molar-refractivity contribution in [2.24, 2.45) is 0 Å². The van der Waals surface area contributed by atoms with Crippen molar-refractivity contribution in [1.29, 1.82) is 0 Å². The molecule has 2 aromatic rings. The molecule has 0 radical (unpaired) electrons. The van der Waals surface area contributed by atoms with Gasteiger partial charge >= 0.3 is 0 Å². The van der Waals surface area contributed by atoms with Crippen molar-refractivity contribution in [2.75, 3.05) is 60.0 Å². The van der Waals surface area contributed by atoms with E-state index in [0.29, 0.717) is 75.9 Å². The number of fused-ring (bicyclic) bond motifs is 2. The predicted octanol–water partition coefficient (Wildman–Crippen LogP) is 4.13. The number of hydrogen-bond donors (Lipinski definition) is 0. The van der Waals surface area contributed by atoms with Gasteiger partial charge in [-0.3, -0.25) is 0 Å². The molecule has 0 saturated carbocycles. The van der Waals surface area contributed by atoms with Crippen LogP contribution in [0, 0.1) is 0 Å². The minimum Gasteiger partial charge on any atom is -0.487 e. The summed E-state index contributed by atoms with van der Waals surface area (Å²) in [6, 6.07) is 15.3. The van der Waals surface area contributed by atoms with Crippen LogP contribution >= 0.6 is 0 Å². The van der Waals surface area contributed by atoms with Crippen LogP contribution in [0.5, 0.6) is 23.0 Å². The first-order valence-corrected chi connectivity index (χ1v) is 11.2. The molecule has 176 valence electrons. The molecule has 3 rings (SSSR count). The van der Waals surface area contributed by atoms with E-state index in [1.807, 2.05) is 48.5 Å². The van der Waals surface area contributed by atoms with Gasteiger partial charge in [0.05, 0.1) is 26.4 Å².